The van der Waals surface area contributed by atoms with E-state index in [1.54, 1.807) is 6.20 Å². The molecule has 4 aromatic rings. The monoisotopic (exact) mass is 516 g/mol. The van der Waals surface area contributed by atoms with Gasteiger partial charge >= 0.3 is 0 Å². The summed E-state index contributed by atoms with van der Waals surface area (Å²) in [5.41, 5.74) is 4.07. The maximum absolute atomic E-state index is 13.2. The Morgan fingerprint density at radius 2 is 1.89 bits per heavy atom. The molecule has 37 heavy (non-hydrogen) atoms. The van der Waals surface area contributed by atoms with Crippen LogP contribution < -0.4 is 5.43 Å². The van der Waals surface area contributed by atoms with Gasteiger partial charge in [-0.05, 0) is 43.5 Å². The molecule has 1 fully saturated rings. The van der Waals surface area contributed by atoms with Gasteiger partial charge in [-0.2, -0.15) is 0 Å². The van der Waals surface area contributed by atoms with E-state index >= 15 is 0 Å². The molecule has 0 bridgehead atoms. The topological polar surface area (TPSA) is 52.3 Å². The number of likely N-dealkylation sites (tertiary alicyclic amines) is 1. The Labute approximate surface area is 220 Å². The Morgan fingerprint density at radius 3 is 2.65 bits per heavy atom. The number of nitrogens with zero attached hydrogens (tertiary/aromatic N) is 4. The molecule has 0 saturated carbocycles. The third kappa shape index (κ3) is 5.59. The smallest absolute Gasteiger partial charge is 0.193 e. The van der Waals surface area contributed by atoms with Gasteiger partial charge in [-0.3, -0.25) is 9.69 Å². The van der Waals surface area contributed by atoms with Gasteiger partial charge in [0.05, 0.1) is 10.9 Å². The van der Waals surface area contributed by atoms with E-state index in [0.29, 0.717) is 18.0 Å². The quantitative estimate of drug-likeness (QED) is 0.211. The summed E-state index contributed by atoms with van der Waals surface area (Å²) in [6, 6.07) is 14.2. The molecule has 2 atom stereocenters. The fraction of sp³-hybridized carbons (Fsp3) is 0.467. The van der Waals surface area contributed by atoms with Crippen LogP contribution in [0.15, 0.2) is 59.8 Å². The molecule has 1 aromatic carbocycles. The van der Waals surface area contributed by atoms with Crippen molar-refractivity contribution in [2.75, 3.05) is 19.7 Å². The van der Waals surface area contributed by atoms with Gasteiger partial charge < -0.3 is 13.9 Å². The molecule has 1 saturated heterocycles. The predicted molar refractivity (Wildman–Crippen MR) is 155 cm³/mol. The number of fused-ring (bicyclic) bond motifs is 3. The number of hydrogen-bond donors (Lipinski definition) is 0. The number of ether oxygens (including phenoxy) is 1. The molecular formula is C30H40N4O2Si. The van der Waals surface area contributed by atoms with Crippen LogP contribution in [0.3, 0.4) is 0 Å². The van der Waals surface area contributed by atoms with Gasteiger partial charge in [0.25, 0.3) is 0 Å². The Hall–Kier alpha value is -2.74. The van der Waals surface area contributed by atoms with E-state index in [2.05, 4.69) is 83.2 Å². The minimum atomic E-state index is -1.14. The van der Waals surface area contributed by atoms with Crippen molar-refractivity contribution in [1.82, 2.24) is 19.0 Å². The molecule has 0 unspecified atom stereocenters. The van der Waals surface area contributed by atoms with E-state index in [1.807, 2.05) is 13.1 Å². The van der Waals surface area contributed by atoms with Gasteiger partial charge in [0.1, 0.15) is 12.4 Å². The molecule has 7 heteroatoms. The largest absolute Gasteiger partial charge is 0.361 e. The first kappa shape index (κ1) is 25.9. The van der Waals surface area contributed by atoms with Crippen LogP contribution in [0.1, 0.15) is 30.5 Å². The number of rotatable bonds is 8. The highest BCUT2D eigenvalue weighted by Crippen LogP contribution is 2.33. The molecule has 0 radical (unpaired) electrons. The summed E-state index contributed by atoms with van der Waals surface area (Å²) in [5.74, 6) is 0.507. The Bertz CT molecular complexity index is 1440. The summed E-state index contributed by atoms with van der Waals surface area (Å²) in [6.07, 6.45) is 7.03. The highest BCUT2D eigenvalue weighted by molar-refractivity contribution is 6.76. The Balaban J connectivity index is 1.50. The predicted octanol–water partition coefficient (Wildman–Crippen LogP) is 6.06. The second-order valence-corrected chi connectivity index (χ2v) is 17.6. The first-order valence-corrected chi connectivity index (χ1v) is 17.3. The first-order chi connectivity index (χ1) is 17.7. The third-order valence-electron chi connectivity index (χ3n) is 7.79. The van der Waals surface area contributed by atoms with E-state index < -0.39 is 8.07 Å². The van der Waals surface area contributed by atoms with E-state index in [9.17, 15) is 4.79 Å². The number of hydrogen-bond acceptors (Lipinski definition) is 4. The maximum Gasteiger partial charge on any atom is 0.193 e. The highest BCUT2D eigenvalue weighted by atomic mass is 28.3. The number of aromatic nitrogens is 3. The first-order valence-electron chi connectivity index (χ1n) is 13.5. The standard InChI is InChI=1S/C30H40N4O2Si/c1-22-11-13-32(19-24-9-7-6-8-10-24)20-27(22)34-18-23(2)29(35)26-17-31-30-25(28(26)34)12-14-33(30)21-36-15-16-37(3,4)5/h6-10,12,14,17-18,22,27H,11,13,15-16,19-21H2,1-5H3/t22-,27+/m1/s1. The average molecular weight is 517 g/mol. The minimum absolute atomic E-state index is 0.0735. The lowest BCUT2D eigenvalue weighted by atomic mass is 9.92. The van der Waals surface area contributed by atoms with Gasteiger partial charge in [-0.15, -0.1) is 0 Å². The second kappa shape index (κ2) is 10.6. The summed E-state index contributed by atoms with van der Waals surface area (Å²) in [6.45, 7) is 15.6. The van der Waals surface area contributed by atoms with E-state index in [1.165, 1.54) is 5.56 Å². The zero-order valence-electron chi connectivity index (χ0n) is 22.9. The normalized spacial score (nSPS) is 19.2. The molecule has 1 aliphatic heterocycles. The van der Waals surface area contributed by atoms with Crippen molar-refractivity contribution in [2.45, 2.75) is 65.3 Å². The third-order valence-corrected chi connectivity index (χ3v) is 9.49. The molecule has 5 rings (SSSR count). The Morgan fingerprint density at radius 1 is 1.11 bits per heavy atom. The second-order valence-electron chi connectivity index (χ2n) is 12.0. The summed E-state index contributed by atoms with van der Waals surface area (Å²) < 4.78 is 10.5. The van der Waals surface area contributed by atoms with Gasteiger partial charge in [0.2, 0.25) is 0 Å². The molecule has 0 aliphatic carbocycles. The van der Waals surface area contributed by atoms with E-state index in [-0.39, 0.29) is 11.5 Å². The SMILES string of the molecule is Cc1cn([C@H]2CN(Cc3ccccc3)CC[C@H]2C)c2c(cnc3c2ccn3COCC[Si](C)(C)C)c1=O. The van der Waals surface area contributed by atoms with E-state index in [4.69, 9.17) is 9.72 Å². The van der Waals surface area contributed by atoms with Crippen molar-refractivity contribution in [3.05, 3.63) is 76.3 Å². The zero-order valence-corrected chi connectivity index (χ0v) is 23.9. The zero-order chi connectivity index (χ0) is 26.2. The van der Waals surface area contributed by atoms with Gasteiger partial charge in [0.15, 0.2) is 5.43 Å². The van der Waals surface area contributed by atoms with Crippen LogP contribution in [0.5, 0.6) is 0 Å². The van der Waals surface area contributed by atoms with Gasteiger partial charge in [-0.25, -0.2) is 4.98 Å². The van der Waals surface area contributed by atoms with Crippen molar-refractivity contribution in [3.8, 4) is 0 Å². The van der Waals surface area contributed by atoms with Crippen molar-refractivity contribution in [1.29, 1.82) is 0 Å². The van der Waals surface area contributed by atoms with Crippen LogP contribution in [0.25, 0.3) is 21.9 Å². The molecule has 196 valence electrons. The van der Waals surface area contributed by atoms with E-state index in [0.717, 1.165) is 60.8 Å². The molecule has 0 spiro atoms. The maximum atomic E-state index is 13.2. The summed E-state index contributed by atoms with van der Waals surface area (Å²) in [7, 11) is -1.14. The summed E-state index contributed by atoms with van der Waals surface area (Å²) >= 11 is 0. The fourth-order valence-corrected chi connectivity index (χ4v) is 6.24. The van der Waals surface area contributed by atoms with Crippen molar-refractivity contribution >= 4 is 30.0 Å². The van der Waals surface area contributed by atoms with Crippen LogP contribution in [0, 0.1) is 12.8 Å². The highest BCUT2D eigenvalue weighted by Gasteiger charge is 2.29. The lowest BCUT2D eigenvalue weighted by molar-refractivity contribution is 0.0899. The number of benzene rings is 1. The molecule has 4 heterocycles. The van der Waals surface area contributed by atoms with Crippen molar-refractivity contribution < 1.29 is 4.74 Å². The number of pyridine rings is 2. The number of piperidine rings is 1. The van der Waals surface area contributed by atoms with Crippen molar-refractivity contribution in [3.63, 3.8) is 0 Å². The fourth-order valence-electron chi connectivity index (χ4n) is 5.48. The molecule has 6 nitrogen and oxygen atoms in total. The molecule has 0 N–H and O–H groups in total. The van der Waals surface area contributed by atoms with Crippen LogP contribution in [-0.4, -0.2) is 46.8 Å². The average Bonchev–Trinajstić information content (AvgIpc) is 3.28. The van der Waals surface area contributed by atoms with Crippen LogP contribution in [0.4, 0.5) is 0 Å². The lowest BCUT2D eigenvalue weighted by Gasteiger charge is -2.39. The van der Waals surface area contributed by atoms with Gasteiger partial charge in [0, 0.05) is 63.4 Å². The lowest BCUT2D eigenvalue weighted by Crippen LogP contribution is -2.40. The van der Waals surface area contributed by atoms with Crippen molar-refractivity contribution in [2.24, 2.45) is 5.92 Å². The van der Waals surface area contributed by atoms with Crippen LogP contribution in [0.2, 0.25) is 25.7 Å². The number of aryl methyl sites for hydroxylation is 1. The van der Waals surface area contributed by atoms with Crippen LogP contribution >= 0.6 is 0 Å². The summed E-state index contributed by atoms with van der Waals surface area (Å²) in [4.78, 5) is 20.5. The molecular weight excluding hydrogens is 476 g/mol. The summed E-state index contributed by atoms with van der Waals surface area (Å²) in [5, 5.41) is 1.73. The molecule has 1 aliphatic rings. The van der Waals surface area contributed by atoms with Crippen LogP contribution in [-0.2, 0) is 18.0 Å². The molecule has 3 aromatic heterocycles. The Kier molecular flexibility index (Phi) is 7.39. The van der Waals surface area contributed by atoms with Gasteiger partial charge in [-0.1, -0.05) is 56.9 Å². The minimum Gasteiger partial charge on any atom is -0.361 e. The molecule has 0 amide bonds.